The zero-order valence-corrected chi connectivity index (χ0v) is 13.6. The van der Waals surface area contributed by atoms with Crippen molar-refractivity contribution in [3.8, 4) is 0 Å². The highest BCUT2D eigenvalue weighted by Crippen LogP contribution is 2.27. The predicted octanol–water partition coefficient (Wildman–Crippen LogP) is 2.59. The van der Waals surface area contributed by atoms with E-state index in [4.69, 9.17) is 5.73 Å². The van der Waals surface area contributed by atoms with Gasteiger partial charge in [0.1, 0.15) is 0 Å². The molecule has 5 heteroatoms. The Labute approximate surface area is 130 Å². The maximum absolute atomic E-state index is 12.5. The molecule has 2 aliphatic rings. The number of nitrogens with two attached hydrogens (primary N) is 1. The van der Waals surface area contributed by atoms with Crippen molar-refractivity contribution in [2.75, 3.05) is 38.5 Å². The molecule has 3 rings (SSSR count). The average molecular weight is 307 g/mol. The van der Waals surface area contributed by atoms with Crippen LogP contribution in [0, 0.1) is 12.8 Å². The highest BCUT2D eigenvalue weighted by molar-refractivity contribution is 7.14. The maximum Gasteiger partial charge on any atom is 0.264 e. The third kappa shape index (κ3) is 3.40. The first kappa shape index (κ1) is 14.9. The molecule has 2 N–H and O–H groups in total. The molecule has 0 saturated carbocycles. The number of carbonyl (C=O) groups is 1. The largest absolute Gasteiger partial charge is 0.398 e. The Kier molecular flexibility index (Phi) is 4.50. The molecule has 1 aromatic heterocycles. The third-order valence-corrected chi connectivity index (χ3v) is 5.84. The van der Waals surface area contributed by atoms with Gasteiger partial charge in [0.05, 0.1) is 4.88 Å². The third-order valence-electron chi connectivity index (χ3n) is 4.78. The van der Waals surface area contributed by atoms with Gasteiger partial charge in [-0.15, -0.1) is 11.3 Å². The Morgan fingerprint density at radius 3 is 2.52 bits per heavy atom. The summed E-state index contributed by atoms with van der Waals surface area (Å²) in [7, 11) is 0. The van der Waals surface area contributed by atoms with E-state index < -0.39 is 0 Å². The lowest BCUT2D eigenvalue weighted by Gasteiger charge is -2.33. The van der Waals surface area contributed by atoms with Crippen LogP contribution >= 0.6 is 11.3 Å². The predicted molar refractivity (Wildman–Crippen MR) is 87.8 cm³/mol. The minimum Gasteiger partial charge on any atom is -0.398 e. The topological polar surface area (TPSA) is 49.6 Å². The van der Waals surface area contributed by atoms with Crippen LogP contribution in [-0.4, -0.2) is 48.4 Å². The van der Waals surface area contributed by atoms with E-state index in [0.717, 1.165) is 47.3 Å². The fraction of sp³-hybridized carbons (Fsp3) is 0.688. The van der Waals surface area contributed by atoms with Crippen molar-refractivity contribution < 1.29 is 4.79 Å². The lowest BCUT2D eigenvalue weighted by molar-refractivity contribution is 0.0678. The molecule has 1 amide bonds. The van der Waals surface area contributed by atoms with Crippen molar-refractivity contribution in [2.24, 2.45) is 5.92 Å². The van der Waals surface area contributed by atoms with Gasteiger partial charge in [-0.05, 0) is 57.7 Å². The van der Waals surface area contributed by atoms with Crippen molar-refractivity contribution in [1.82, 2.24) is 9.80 Å². The molecule has 0 aromatic carbocycles. The van der Waals surface area contributed by atoms with Gasteiger partial charge in [0, 0.05) is 30.2 Å². The number of nitrogen functional groups attached to an aromatic ring is 1. The van der Waals surface area contributed by atoms with Gasteiger partial charge >= 0.3 is 0 Å². The molecule has 0 bridgehead atoms. The normalized spacial score (nSPS) is 21.1. The van der Waals surface area contributed by atoms with Crippen molar-refractivity contribution in [3.05, 3.63) is 15.8 Å². The van der Waals surface area contributed by atoms with E-state index in [9.17, 15) is 4.79 Å². The summed E-state index contributed by atoms with van der Waals surface area (Å²) in [6, 6.07) is 1.83. The van der Waals surface area contributed by atoms with Crippen LogP contribution in [0.25, 0.3) is 0 Å². The van der Waals surface area contributed by atoms with Crippen molar-refractivity contribution in [2.45, 2.75) is 32.6 Å². The van der Waals surface area contributed by atoms with Gasteiger partial charge < -0.3 is 15.5 Å². The summed E-state index contributed by atoms with van der Waals surface area (Å²) in [6.45, 7) is 7.54. The highest BCUT2D eigenvalue weighted by atomic mass is 32.1. The Bertz CT molecular complexity index is 480. The number of rotatable bonds is 3. The number of thiophene rings is 1. The number of amides is 1. The van der Waals surface area contributed by atoms with E-state index in [1.54, 1.807) is 0 Å². The molecule has 4 nitrogen and oxygen atoms in total. The molecule has 21 heavy (non-hydrogen) atoms. The minimum atomic E-state index is 0.166. The quantitative estimate of drug-likeness (QED) is 0.934. The smallest absolute Gasteiger partial charge is 0.264 e. The number of hydrogen-bond acceptors (Lipinski definition) is 4. The number of carbonyl (C=O) groups excluding carboxylic acids is 1. The summed E-state index contributed by atoms with van der Waals surface area (Å²) in [4.78, 5) is 18.9. The second-order valence-electron chi connectivity index (χ2n) is 6.37. The molecule has 2 fully saturated rings. The zero-order valence-electron chi connectivity index (χ0n) is 12.8. The van der Waals surface area contributed by atoms with E-state index in [-0.39, 0.29) is 5.91 Å². The minimum absolute atomic E-state index is 0.166. The summed E-state index contributed by atoms with van der Waals surface area (Å²) < 4.78 is 0. The fourth-order valence-corrected chi connectivity index (χ4v) is 4.32. The summed E-state index contributed by atoms with van der Waals surface area (Å²) in [5.74, 6) is 0.932. The zero-order chi connectivity index (χ0) is 14.8. The van der Waals surface area contributed by atoms with Crippen LogP contribution < -0.4 is 5.73 Å². The molecule has 116 valence electrons. The van der Waals surface area contributed by atoms with Crippen molar-refractivity contribution >= 4 is 22.9 Å². The molecule has 2 aliphatic heterocycles. The van der Waals surface area contributed by atoms with Crippen molar-refractivity contribution in [3.63, 3.8) is 0 Å². The van der Waals surface area contributed by atoms with Crippen LogP contribution in [0.3, 0.4) is 0 Å². The average Bonchev–Trinajstić information content (AvgIpc) is 3.10. The lowest BCUT2D eigenvalue weighted by atomic mass is 9.96. The molecule has 0 aliphatic carbocycles. The molecule has 0 unspecified atom stereocenters. The number of aryl methyl sites for hydroxylation is 1. The van der Waals surface area contributed by atoms with Crippen LogP contribution in [0.5, 0.6) is 0 Å². The number of anilines is 1. The van der Waals surface area contributed by atoms with Crippen LogP contribution in [0.15, 0.2) is 6.07 Å². The highest BCUT2D eigenvalue weighted by Gasteiger charge is 2.26. The molecule has 0 atom stereocenters. The van der Waals surface area contributed by atoms with Gasteiger partial charge in [-0.2, -0.15) is 0 Å². The van der Waals surface area contributed by atoms with E-state index in [0.29, 0.717) is 0 Å². The number of likely N-dealkylation sites (tertiary alicyclic amines) is 2. The number of nitrogens with zero attached hydrogens (tertiary/aromatic N) is 2. The van der Waals surface area contributed by atoms with Crippen LogP contribution in [0.4, 0.5) is 5.69 Å². The molecular formula is C16H25N3OS. The maximum atomic E-state index is 12.5. The van der Waals surface area contributed by atoms with E-state index in [1.165, 1.54) is 43.8 Å². The first-order valence-electron chi connectivity index (χ1n) is 8.01. The van der Waals surface area contributed by atoms with Crippen molar-refractivity contribution in [1.29, 1.82) is 0 Å². The molecule has 2 saturated heterocycles. The molecule has 0 radical (unpaired) electrons. The van der Waals surface area contributed by atoms with E-state index in [1.807, 2.05) is 17.9 Å². The van der Waals surface area contributed by atoms with Gasteiger partial charge in [0.2, 0.25) is 0 Å². The second-order valence-corrected chi connectivity index (χ2v) is 7.62. The SMILES string of the molecule is Cc1sc(C(=O)N2CCC(CN3CCCC3)CC2)cc1N. The van der Waals surface area contributed by atoms with Crippen LogP contribution in [-0.2, 0) is 0 Å². The summed E-state index contributed by atoms with van der Waals surface area (Å²) in [5.41, 5.74) is 6.60. The fourth-order valence-electron chi connectivity index (χ4n) is 3.41. The van der Waals surface area contributed by atoms with Gasteiger partial charge in [0.15, 0.2) is 0 Å². The van der Waals surface area contributed by atoms with Gasteiger partial charge in [-0.3, -0.25) is 4.79 Å². The monoisotopic (exact) mass is 307 g/mol. The summed E-state index contributed by atoms with van der Waals surface area (Å²) >= 11 is 1.52. The Hall–Kier alpha value is -1.07. The summed E-state index contributed by atoms with van der Waals surface area (Å²) in [6.07, 6.45) is 5.00. The first-order chi connectivity index (χ1) is 10.1. The van der Waals surface area contributed by atoms with Gasteiger partial charge in [-0.25, -0.2) is 0 Å². The Balaban J connectivity index is 1.51. The Morgan fingerprint density at radius 1 is 1.29 bits per heavy atom. The molecule has 0 spiro atoms. The number of piperidine rings is 1. The first-order valence-corrected chi connectivity index (χ1v) is 8.82. The Morgan fingerprint density at radius 2 is 1.95 bits per heavy atom. The number of hydrogen-bond donors (Lipinski definition) is 1. The molecule has 3 heterocycles. The lowest BCUT2D eigenvalue weighted by Crippen LogP contribution is -2.41. The van der Waals surface area contributed by atoms with E-state index in [2.05, 4.69) is 4.90 Å². The van der Waals surface area contributed by atoms with Gasteiger partial charge in [-0.1, -0.05) is 0 Å². The standard InChI is InChI=1S/C16H25N3OS/c1-12-14(17)10-15(21-12)16(20)19-8-4-13(5-9-19)11-18-6-2-3-7-18/h10,13H,2-9,11,17H2,1H3. The summed E-state index contributed by atoms with van der Waals surface area (Å²) in [5, 5.41) is 0. The van der Waals surface area contributed by atoms with Crippen LogP contribution in [0.2, 0.25) is 0 Å². The van der Waals surface area contributed by atoms with Gasteiger partial charge in [0.25, 0.3) is 5.91 Å². The van der Waals surface area contributed by atoms with Crippen LogP contribution in [0.1, 0.15) is 40.2 Å². The second kappa shape index (κ2) is 6.36. The van der Waals surface area contributed by atoms with E-state index >= 15 is 0 Å². The molecular weight excluding hydrogens is 282 g/mol. The molecule has 1 aromatic rings.